The Morgan fingerprint density at radius 3 is 2.63 bits per heavy atom. The first-order valence-corrected chi connectivity index (χ1v) is 7.13. The standard InChI is InChI=1S/C14H17Cl2NO2/c1-2-5-14(19)8-17(9-14)13(18)7-10-3-4-11(15)12(16)6-10/h3-4,6,19H,2,5,7-9H2,1H3. The molecular formula is C14H17Cl2NO2. The average Bonchev–Trinajstić information content (AvgIpc) is 2.31. The van der Waals surface area contributed by atoms with Gasteiger partial charge in [0.05, 0.1) is 35.2 Å². The van der Waals surface area contributed by atoms with Crippen molar-refractivity contribution in [1.29, 1.82) is 0 Å². The highest BCUT2D eigenvalue weighted by atomic mass is 35.5. The van der Waals surface area contributed by atoms with E-state index in [1.807, 2.05) is 6.92 Å². The summed E-state index contributed by atoms with van der Waals surface area (Å²) in [6.07, 6.45) is 1.95. The number of carbonyl (C=O) groups excluding carboxylic acids is 1. The van der Waals surface area contributed by atoms with E-state index in [0.29, 0.717) is 29.6 Å². The summed E-state index contributed by atoms with van der Waals surface area (Å²) in [4.78, 5) is 13.7. The van der Waals surface area contributed by atoms with E-state index in [-0.39, 0.29) is 5.91 Å². The van der Waals surface area contributed by atoms with Gasteiger partial charge in [0.25, 0.3) is 0 Å². The fourth-order valence-corrected chi connectivity index (χ4v) is 2.72. The minimum absolute atomic E-state index is 0.0131. The SMILES string of the molecule is CCCC1(O)CN(C(=O)Cc2ccc(Cl)c(Cl)c2)C1. The molecule has 1 heterocycles. The Balaban J connectivity index is 1.91. The minimum Gasteiger partial charge on any atom is -0.386 e. The first-order chi connectivity index (χ1) is 8.93. The van der Waals surface area contributed by atoms with Crippen molar-refractivity contribution in [3.05, 3.63) is 33.8 Å². The Bertz CT molecular complexity index is 484. The molecule has 0 radical (unpaired) electrons. The molecule has 1 saturated heterocycles. The molecule has 3 nitrogen and oxygen atoms in total. The Kier molecular flexibility index (Phi) is 4.39. The number of likely N-dealkylation sites (tertiary alicyclic amines) is 1. The monoisotopic (exact) mass is 301 g/mol. The molecule has 1 aliphatic rings. The van der Waals surface area contributed by atoms with Crippen LogP contribution in [-0.4, -0.2) is 34.6 Å². The maximum absolute atomic E-state index is 12.0. The van der Waals surface area contributed by atoms with Crippen molar-refractivity contribution >= 4 is 29.1 Å². The van der Waals surface area contributed by atoms with Crippen LogP contribution in [0.5, 0.6) is 0 Å². The molecule has 5 heteroatoms. The van der Waals surface area contributed by atoms with E-state index in [2.05, 4.69) is 0 Å². The Morgan fingerprint density at radius 1 is 1.37 bits per heavy atom. The molecule has 1 aromatic carbocycles. The molecule has 1 aromatic rings. The second-order valence-corrected chi connectivity index (χ2v) is 5.96. The van der Waals surface area contributed by atoms with Crippen LogP contribution < -0.4 is 0 Å². The van der Waals surface area contributed by atoms with E-state index in [1.165, 1.54) is 0 Å². The molecule has 1 amide bonds. The van der Waals surface area contributed by atoms with Crippen molar-refractivity contribution < 1.29 is 9.90 Å². The van der Waals surface area contributed by atoms with E-state index in [1.54, 1.807) is 23.1 Å². The van der Waals surface area contributed by atoms with E-state index in [4.69, 9.17) is 23.2 Å². The van der Waals surface area contributed by atoms with Gasteiger partial charge in [-0.25, -0.2) is 0 Å². The number of hydrogen-bond acceptors (Lipinski definition) is 2. The summed E-state index contributed by atoms with van der Waals surface area (Å²) >= 11 is 11.7. The first-order valence-electron chi connectivity index (χ1n) is 6.37. The third-order valence-corrected chi connectivity index (χ3v) is 4.12. The van der Waals surface area contributed by atoms with Gasteiger partial charge in [-0.1, -0.05) is 42.6 Å². The lowest BCUT2D eigenvalue weighted by atomic mass is 9.89. The fraction of sp³-hybridized carbons (Fsp3) is 0.500. The molecule has 1 fully saturated rings. The quantitative estimate of drug-likeness (QED) is 0.929. The van der Waals surface area contributed by atoms with Gasteiger partial charge in [0.15, 0.2) is 0 Å². The Hall–Kier alpha value is -0.770. The molecule has 0 unspecified atom stereocenters. The minimum atomic E-state index is -0.679. The van der Waals surface area contributed by atoms with Gasteiger partial charge >= 0.3 is 0 Å². The molecule has 0 aromatic heterocycles. The van der Waals surface area contributed by atoms with Gasteiger partial charge in [0.1, 0.15) is 0 Å². The third-order valence-electron chi connectivity index (χ3n) is 3.38. The largest absolute Gasteiger partial charge is 0.386 e. The lowest BCUT2D eigenvalue weighted by Crippen LogP contribution is -2.63. The summed E-state index contributed by atoms with van der Waals surface area (Å²) in [5.74, 6) is 0.0131. The van der Waals surface area contributed by atoms with Gasteiger partial charge < -0.3 is 10.0 Å². The van der Waals surface area contributed by atoms with Gasteiger partial charge in [-0.3, -0.25) is 4.79 Å². The van der Waals surface area contributed by atoms with Crippen molar-refractivity contribution in [2.45, 2.75) is 31.8 Å². The van der Waals surface area contributed by atoms with Crippen LogP contribution in [0, 0.1) is 0 Å². The summed E-state index contributed by atoms with van der Waals surface area (Å²) in [5.41, 5.74) is 0.160. The predicted octanol–water partition coefficient (Wildman–Crippen LogP) is 2.91. The van der Waals surface area contributed by atoms with Crippen LogP contribution in [0.3, 0.4) is 0 Å². The second-order valence-electron chi connectivity index (χ2n) is 5.15. The second kappa shape index (κ2) is 5.70. The fourth-order valence-electron chi connectivity index (χ4n) is 2.40. The predicted molar refractivity (Wildman–Crippen MR) is 76.6 cm³/mol. The van der Waals surface area contributed by atoms with Crippen molar-refractivity contribution in [2.24, 2.45) is 0 Å². The van der Waals surface area contributed by atoms with Gasteiger partial charge in [-0.2, -0.15) is 0 Å². The molecule has 1 N–H and O–H groups in total. The molecule has 0 bridgehead atoms. The van der Waals surface area contributed by atoms with Crippen molar-refractivity contribution in [1.82, 2.24) is 4.90 Å². The number of aliphatic hydroxyl groups is 1. The molecule has 2 rings (SSSR count). The van der Waals surface area contributed by atoms with Gasteiger partial charge in [0.2, 0.25) is 5.91 Å². The lowest BCUT2D eigenvalue weighted by Gasteiger charge is -2.46. The van der Waals surface area contributed by atoms with Crippen molar-refractivity contribution in [3.8, 4) is 0 Å². The summed E-state index contributed by atoms with van der Waals surface area (Å²) in [6, 6.07) is 5.19. The van der Waals surface area contributed by atoms with Gasteiger partial charge in [0, 0.05) is 0 Å². The highest BCUT2D eigenvalue weighted by Crippen LogP contribution is 2.27. The summed E-state index contributed by atoms with van der Waals surface area (Å²) < 4.78 is 0. The maximum atomic E-state index is 12.0. The molecule has 0 saturated carbocycles. The van der Waals surface area contributed by atoms with Crippen LogP contribution in [0.15, 0.2) is 18.2 Å². The average molecular weight is 302 g/mol. The zero-order valence-corrected chi connectivity index (χ0v) is 12.3. The normalized spacial score (nSPS) is 17.2. The molecular weight excluding hydrogens is 285 g/mol. The van der Waals surface area contributed by atoms with E-state index in [0.717, 1.165) is 18.4 Å². The number of carbonyl (C=O) groups is 1. The molecule has 19 heavy (non-hydrogen) atoms. The number of nitrogens with zero attached hydrogens (tertiary/aromatic N) is 1. The number of halogens is 2. The van der Waals surface area contributed by atoms with Gasteiger partial charge in [-0.05, 0) is 24.1 Å². The zero-order valence-electron chi connectivity index (χ0n) is 10.8. The van der Waals surface area contributed by atoms with Crippen LogP contribution in [0.2, 0.25) is 10.0 Å². The highest BCUT2D eigenvalue weighted by molar-refractivity contribution is 6.42. The molecule has 104 valence electrons. The number of hydrogen-bond donors (Lipinski definition) is 1. The van der Waals surface area contributed by atoms with E-state index in [9.17, 15) is 9.90 Å². The third kappa shape index (κ3) is 3.41. The number of amides is 1. The van der Waals surface area contributed by atoms with Crippen LogP contribution in [0.4, 0.5) is 0 Å². The van der Waals surface area contributed by atoms with Gasteiger partial charge in [-0.15, -0.1) is 0 Å². The lowest BCUT2D eigenvalue weighted by molar-refractivity contribution is -0.155. The maximum Gasteiger partial charge on any atom is 0.227 e. The summed E-state index contributed by atoms with van der Waals surface area (Å²) in [7, 11) is 0. The smallest absolute Gasteiger partial charge is 0.227 e. The van der Waals surface area contributed by atoms with E-state index < -0.39 is 5.60 Å². The van der Waals surface area contributed by atoms with Crippen LogP contribution in [0.1, 0.15) is 25.3 Å². The number of rotatable bonds is 4. The number of benzene rings is 1. The van der Waals surface area contributed by atoms with Crippen LogP contribution in [0.25, 0.3) is 0 Å². The van der Waals surface area contributed by atoms with Crippen molar-refractivity contribution in [3.63, 3.8) is 0 Å². The molecule has 1 aliphatic heterocycles. The summed E-state index contributed by atoms with van der Waals surface area (Å²) in [6.45, 7) is 2.89. The Morgan fingerprint density at radius 2 is 2.05 bits per heavy atom. The van der Waals surface area contributed by atoms with Crippen LogP contribution >= 0.6 is 23.2 Å². The molecule has 0 aliphatic carbocycles. The first kappa shape index (κ1) is 14.6. The van der Waals surface area contributed by atoms with Crippen LogP contribution in [-0.2, 0) is 11.2 Å². The Labute approximate surface area is 123 Å². The zero-order chi connectivity index (χ0) is 14.0. The van der Waals surface area contributed by atoms with Crippen molar-refractivity contribution in [2.75, 3.05) is 13.1 Å². The molecule has 0 atom stereocenters. The van der Waals surface area contributed by atoms with E-state index >= 15 is 0 Å². The topological polar surface area (TPSA) is 40.5 Å². The number of β-amino-alcohol motifs (C(OH)–C–C–N with tert-alkyl or cyclic N) is 1. The molecule has 0 spiro atoms. The highest BCUT2D eigenvalue weighted by Gasteiger charge is 2.42. The summed E-state index contributed by atoms with van der Waals surface area (Å²) in [5, 5.41) is 11.0.